The molecule has 0 saturated carbocycles. The molecule has 0 saturated heterocycles. The summed E-state index contributed by atoms with van der Waals surface area (Å²) in [5, 5.41) is 11.5. The first-order valence-corrected chi connectivity index (χ1v) is 7.42. The van der Waals surface area contributed by atoms with Gasteiger partial charge in [0, 0.05) is 23.6 Å². The highest BCUT2D eigenvalue weighted by Gasteiger charge is 2.18. The molecule has 7 heteroatoms. The Balaban J connectivity index is 1.93. The predicted octanol–water partition coefficient (Wildman–Crippen LogP) is 0.971. The lowest BCUT2D eigenvalue weighted by molar-refractivity contribution is 0.288. The van der Waals surface area contributed by atoms with Crippen LogP contribution in [0.3, 0.4) is 0 Å². The Bertz CT molecular complexity index is 475. The third-order valence-corrected chi connectivity index (χ3v) is 3.96. The highest BCUT2D eigenvalue weighted by molar-refractivity contribution is 7.97. The fraction of sp³-hybridized carbons (Fsp3) is 0.385. The first-order valence-electron chi connectivity index (χ1n) is 6.48. The minimum absolute atomic E-state index is 0.141. The van der Waals surface area contributed by atoms with Crippen molar-refractivity contribution in [2.45, 2.75) is 24.6 Å². The summed E-state index contributed by atoms with van der Waals surface area (Å²) in [5.41, 5.74) is 7.06. The normalized spacial score (nSPS) is 22.8. The number of nitrogens with zero attached hydrogens (tertiary/aromatic N) is 3. The third-order valence-electron chi connectivity index (χ3n) is 3.21. The van der Waals surface area contributed by atoms with Crippen molar-refractivity contribution in [1.29, 1.82) is 0 Å². The minimum Gasteiger partial charge on any atom is -0.385 e. The zero-order valence-corrected chi connectivity index (χ0v) is 12.0. The van der Waals surface area contributed by atoms with Gasteiger partial charge in [0.2, 0.25) is 0 Å². The summed E-state index contributed by atoms with van der Waals surface area (Å²) in [6.07, 6.45) is 9.56. The van der Waals surface area contributed by atoms with Gasteiger partial charge in [0.25, 0.3) is 0 Å². The largest absolute Gasteiger partial charge is 0.385 e. The van der Waals surface area contributed by atoms with Crippen molar-refractivity contribution in [3.63, 3.8) is 0 Å². The fourth-order valence-corrected chi connectivity index (χ4v) is 2.54. The van der Waals surface area contributed by atoms with Gasteiger partial charge in [-0.2, -0.15) is 0 Å². The van der Waals surface area contributed by atoms with E-state index in [1.165, 1.54) is 17.1 Å². The molecule has 0 amide bonds. The van der Waals surface area contributed by atoms with Crippen LogP contribution < -0.4 is 16.7 Å². The van der Waals surface area contributed by atoms with Crippen LogP contribution in [0.25, 0.3) is 0 Å². The van der Waals surface area contributed by atoms with Gasteiger partial charge >= 0.3 is 0 Å². The molecule has 6 N–H and O–H groups in total. The molecule has 2 unspecified atom stereocenters. The molecule has 1 aromatic rings. The molecule has 6 nitrogen and oxygen atoms in total. The molecule has 0 radical (unpaired) electrons. The van der Waals surface area contributed by atoms with Crippen molar-refractivity contribution >= 4 is 17.8 Å². The van der Waals surface area contributed by atoms with Gasteiger partial charge in [-0.3, -0.25) is 10.1 Å². The Kier molecular flexibility index (Phi) is 5.40. The first kappa shape index (κ1) is 14.8. The number of hydrazine groups is 1. The van der Waals surface area contributed by atoms with E-state index in [-0.39, 0.29) is 5.92 Å². The molecule has 0 bridgehead atoms. The van der Waals surface area contributed by atoms with Crippen LogP contribution in [-0.4, -0.2) is 21.2 Å². The lowest BCUT2D eigenvalue weighted by atomic mass is 9.95. The summed E-state index contributed by atoms with van der Waals surface area (Å²) in [6, 6.07) is 3.80. The second-order valence-electron chi connectivity index (χ2n) is 4.72. The van der Waals surface area contributed by atoms with Crippen molar-refractivity contribution in [3.8, 4) is 0 Å². The Hall–Kier alpha value is -1.57. The lowest BCUT2D eigenvalue weighted by Crippen LogP contribution is -2.33. The maximum absolute atomic E-state index is 6.02. The zero-order valence-electron chi connectivity index (χ0n) is 11.2. The first-order chi connectivity index (χ1) is 9.69. The second kappa shape index (κ2) is 7.28. The molecule has 0 fully saturated rings. The highest BCUT2D eigenvalue weighted by Crippen LogP contribution is 2.23. The van der Waals surface area contributed by atoms with Crippen LogP contribution in [0.15, 0.2) is 41.8 Å². The van der Waals surface area contributed by atoms with E-state index in [9.17, 15) is 0 Å². The molecule has 1 aromatic heterocycles. The predicted molar refractivity (Wildman–Crippen MR) is 83.0 cm³/mol. The van der Waals surface area contributed by atoms with Crippen LogP contribution in [-0.2, 0) is 6.54 Å². The van der Waals surface area contributed by atoms with E-state index in [2.05, 4.69) is 22.2 Å². The van der Waals surface area contributed by atoms with E-state index in [1.807, 2.05) is 12.1 Å². The van der Waals surface area contributed by atoms with E-state index in [0.29, 0.717) is 17.6 Å². The molecule has 0 spiro atoms. The minimum atomic E-state index is 0.141. The van der Waals surface area contributed by atoms with Gasteiger partial charge in [0.1, 0.15) is 5.84 Å². The van der Waals surface area contributed by atoms with Gasteiger partial charge in [-0.1, -0.05) is 24.1 Å². The molecule has 20 heavy (non-hydrogen) atoms. The van der Waals surface area contributed by atoms with Crippen molar-refractivity contribution in [2.24, 2.45) is 27.7 Å². The number of rotatable bonds is 5. The van der Waals surface area contributed by atoms with Gasteiger partial charge in [0.05, 0.1) is 6.54 Å². The monoisotopic (exact) mass is 292 g/mol. The number of nitrogens with two attached hydrogens (primary N) is 3. The lowest BCUT2D eigenvalue weighted by Gasteiger charge is -2.22. The van der Waals surface area contributed by atoms with E-state index >= 15 is 0 Å². The van der Waals surface area contributed by atoms with Gasteiger partial charge in [-0.25, -0.2) is 11.0 Å². The van der Waals surface area contributed by atoms with Crippen LogP contribution >= 0.6 is 11.9 Å². The maximum atomic E-state index is 6.02. The quantitative estimate of drug-likeness (QED) is 0.186. The molecule has 2 rings (SSSR count). The highest BCUT2D eigenvalue weighted by atomic mass is 32.2. The number of pyridine rings is 1. The van der Waals surface area contributed by atoms with Crippen molar-refractivity contribution in [2.75, 3.05) is 0 Å². The summed E-state index contributed by atoms with van der Waals surface area (Å²) in [6.45, 7) is 0.501. The smallest absolute Gasteiger partial charge is 0.128 e. The SMILES string of the molecule is NSC1C=CC(/C(N)=N/N(N)Cc2ccncc2)CC1. The van der Waals surface area contributed by atoms with E-state index in [4.69, 9.17) is 16.7 Å². The van der Waals surface area contributed by atoms with Crippen LogP contribution in [0, 0.1) is 5.92 Å². The maximum Gasteiger partial charge on any atom is 0.128 e. The molecule has 1 aliphatic rings. The number of hydrazone groups is 1. The average molecular weight is 292 g/mol. The number of amidine groups is 1. The topological polar surface area (TPSA) is 107 Å². The van der Waals surface area contributed by atoms with Gasteiger partial charge in [-0.15, -0.1) is 5.10 Å². The molecule has 0 aliphatic heterocycles. The summed E-state index contributed by atoms with van der Waals surface area (Å²) in [4.78, 5) is 3.96. The van der Waals surface area contributed by atoms with Crippen molar-refractivity contribution in [3.05, 3.63) is 42.2 Å². The molecule has 1 heterocycles. The van der Waals surface area contributed by atoms with Crippen molar-refractivity contribution < 1.29 is 0 Å². The summed E-state index contributed by atoms with van der Waals surface area (Å²) >= 11 is 1.37. The van der Waals surface area contributed by atoms with Gasteiger partial charge in [0.15, 0.2) is 0 Å². The summed E-state index contributed by atoms with van der Waals surface area (Å²) in [7, 11) is 0. The Morgan fingerprint density at radius 1 is 1.35 bits per heavy atom. The summed E-state index contributed by atoms with van der Waals surface area (Å²) < 4.78 is 0. The van der Waals surface area contributed by atoms with Gasteiger partial charge < -0.3 is 5.73 Å². The van der Waals surface area contributed by atoms with Crippen LogP contribution in [0.5, 0.6) is 0 Å². The molecule has 2 atom stereocenters. The van der Waals surface area contributed by atoms with Crippen molar-refractivity contribution in [1.82, 2.24) is 10.1 Å². The fourth-order valence-electron chi connectivity index (χ4n) is 2.09. The van der Waals surface area contributed by atoms with Crippen LogP contribution in [0.2, 0.25) is 0 Å². The van der Waals surface area contributed by atoms with E-state index < -0.39 is 0 Å². The second-order valence-corrected chi connectivity index (χ2v) is 5.60. The van der Waals surface area contributed by atoms with E-state index in [0.717, 1.165) is 18.4 Å². The molecule has 0 aromatic carbocycles. The number of aromatic nitrogens is 1. The number of hydrogen-bond acceptors (Lipinski definition) is 6. The summed E-state index contributed by atoms with van der Waals surface area (Å²) in [5.74, 6) is 6.54. The van der Waals surface area contributed by atoms with E-state index in [1.54, 1.807) is 12.4 Å². The Morgan fingerprint density at radius 3 is 2.70 bits per heavy atom. The standard InChI is InChI=1S/C13H20N6S/c14-13(11-1-3-12(20-16)4-2-11)18-19(15)9-10-5-7-17-8-6-10/h1,3,5-8,11-12H,2,4,9,15-16H2,(H2,14,18). The molecule has 1 aliphatic carbocycles. The molecular formula is C13H20N6S. The Morgan fingerprint density at radius 2 is 2.10 bits per heavy atom. The Labute approximate surface area is 123 Å². The zero-order chi connectivity index (χ0) is 14.4. The van der Waals surface area contributed by atoms with Crippen LogP contribution in [0.4, 0.5) is 0 Å². The molecule has 108 valence electrons. The average Bonchev–Trinajstić information content (AvgIpc) is 2.48. The third kappa shape index (κ3) is 4.22. The van der Waals surface area contributed by atoms with Gasteiger partial charge in [-0.05, 0) is 30.5 Å². The number of hydrogen-bond donors (Lipinski definition) is 3. The molecular weight excluding hydrogens is 272 g/mol. The van der Waals surface area contributed by atoms with Crippen LogP contribution in [0.1, 0.15) is 18.4 Å².